The van der Waals surface area contributed by atoms with E-state index in [-0.39, 0.29) is 24.2 Å². The van der Waals surface area contributed by atoms with Gasteiger partial charge < -0.3 is 20.7 Å². The average molecular weight is 522 g/mol. The van der Waals surface area contributed by atoms with Crippen LogP contribution in [0, 0.1) is 11.8 Å². The number of hydrogen-bond acceptors (Lipinski definition) is 6. The topological polar surface area (TPSA) is 114 Å². The zero-order chi connectivity index (χ0) is 27.2. The molecule has 204 valence electrons. The minimum Gasteiger partial charge on any atom is -0.463 e. The number of fused-ring (bicyclic) bond motifs is 1. The Morgan fingerprint density at radius 3 is 2.30 bits per heavy atom. The maximum Gasteiger partial charge on any atom is 0.376 e. The van der Waals surface area contributed by atoms with Gasteiger partial charge in [0.25, 0.3) is 5.78 Å². The lowest BCUT2D eigenvalue weighted by atomic mass is 9.72. The summed E-state index contributed by atoms with van der Waals surface area (Å²) in [5.41, 5.74) is 0.964. The van der Waals surface area contributed by atoms with Crippen molar-refractivity contribution >= 4 is 29.3 Å². The molecule has 3 rings (SSSR count). The van der Waals surface area contributed by atoms with Crippen LogP contribution in [0.25, 0.3) is 0 Å². The van der Waals surface area contributed by atoms with Crippen molar-refractivity contribution in [2.75, 3.05) is 12.4 Å². The quantitative estimate of drug-likeness (QED) is 0.304. The van der Waals surface area contributed by atoms with E-state index in [4.69, 9.17) is 0 Å². The highest BCUT2D eigenvalue weighted by molar-refractivity contribution is 6.36. The second kappa shape index (κ2) is 12.5. The van der Waals surface area contributed by atoms with Crippen LogP contribution in [0.4, 0.5) is 14.5 Å². The molecule has 8 nitrogen and oxygen atoms in total. The van der Waals surface area contributed by atoms with Gasteiger partial charge in [-0.2, -0.15) is 0 Å². The fourth-order valence-electron chi connectivity index (χ4n) is 5.46. The summed E-state index contributed by atoms with van der Waals surface area (Å²) in [4.78, 5) is 51.2. The molecule has 2 amide bonds. The molecular weight excluding hydrogens is 484 g/mol. The van der Waals surface area contributed by atoms with Gasteiger partial charge in [-0.15, -0.1) is 0 Å². The predicted molar refractivity (Wildman–Crippen MR) is 134 cm³/mol. The number of alkyl halides is 2. The molecule has 1 fully saturated rings. The Labute approximate surface area is 216 Å². The summed E-state index contributed by atoms with van der Waals surface area (Å²) in [5.74, 6) is -3.68. The third-order valence-electron chi connectivity index (χ3n) is 7.31. The van der Waals surface area contributed by atoms with Gasteiger partial charge in [-0.3, -0.25) is 14.4 Å². The van der Waals surface area contributed by atoms with Crippen LogP contribution in [0.3, 0.4) is 0 Å². The van der Waals surface area contributed by atoms with Gasteiger partial charge in [0, 0.05) is 18.5 Å². The molecule has 2 aliphatic rings. The van der Waals surface area contributed by atoms with Gasteiger partial charge in [0.2, 0.25) is 18.2 Å². The predicted octanol–water partition coefficient (Wildman–Crippen LogP) is 3.39. The number of halogens is 2. The van der Waals surface area contributed by atoms with E-state index in [2.05, 4.69) is 20.7 Å². The first kappa shape index (κ1) is 28.5. The molecule has 1 aromatic carbocycles. The van der Waals surface area contributed by atoms with Gasteiger partial charge in [-0.25, -0.2) is 13.6 Å². The zero-order valence-electron chi connectivity index (χ0n) is 21.7. The Morgan fingerprint density at radius 2 is 1.70 bits per heavy atom. The maximum atomic E-state index is 14.0. The van der Waals surface area contributed by atoms with Crippen LogP contribution in [0.2, 0.25) is 0 Å². The number of Topliss-reactive ketones (excluding diaryl/α,β-unsaturated/α-hetero) is 1. The van der Waals surface area contributed by atoms with Gasteiger partial charge in [0.1, 0.15) is 17.6 Å². The van der Waals surface area contributed by atoms with Gasteiger partial charge >= 0.3 is 5.97 Å². The first-order valence-electron chi connectivity index (χ1n) is 12.9. The zero-order valence-corrected chi connectivity index (χ0v) is 21.7. The maximum absolute atomic E-state index is 14.0. The fourth-order valence-corrected chi connectivity index (χ4v) is 5.46. The summed E-state index contributed by atoms with van der Waals surface area (Å²) < 4.78 is 30.6. The lowest BCUT2D eigenvalue weighted by molar-refractivity contribution is -0.153. The summed E-state index contributed by atoms with van der Waals surface area (Å²) in [7, 11) is 0.959. The molecule has 1 aliphatic carbocycles. The van der Waals surface area contributed by atoms with Crippen molar-refractivity contribution in [3.05, 3.63) is 29.8 Å². The number of anilines is 1. The summed E-state index contributed by atoms with van der Waals surface area (Å²) in [6, 6.07) is 4.89. The van der Waals surface area contributed by atoms with Crippen LogP contribution in [0.1, 0.15) is 64.4 Å². The SMILES string of the molecule is COC(=O)C(=O)[C@H](CC(F)F)NC(=O)[C@H](CC(C)C)NC(=O)[C@@]1(C2CCCCC2)Cc2ccccc2N1. The smallest absolute Gasteiger partial charge is 0.376 e. The number of nitrogens with one attached hydrogen (secondary N) is 3. The van der Waals surface area contributed by atoms with Crippen molar-refractivity contribution in [1.82, 2.24) is 10.6 Å². The lowest BCUT2D eigenvalue weighted by Gasteiger charge is -2.40. The number of esters is 1. The van der Waals surface area contributed by atoms with Crippen LogP contribution in [-0.4, -0.2) is 54.7 Å². The number of carbonyl (C=O) groups is 4. The van der Waals surface area contributed by atoms with E-state index in [9.17, 15) is 28.0 Å². The van der Waals surface area contributed by atoms with E-state index in [1.54, 1.807) is 0 Å². The molecule has 0 spiro atoms. The minimum atomic E-state index is -2.94. The van der Waals surface area contributed by atoms with Crippen LogP contribution < -0.4 is 16.0 Å². The molecule has 0 aromatic heterocycles. The van der Waals surface area contributed by atoms with Crippen LogP contribution in [0.5, 0.6) is 0 Å². The Morgan fingerprint density at radius 1 is 1.03 bits per heavy atom. The number of benzene rings is 1. The molecular formula is C27H37F2N3O5. The number of carbonyl (C=O) groups excluding carboxylic acids is 4. The molecule has 3 N–H and O–H groups in total. The molecule has 0 saturated heterocycles. The molecule has 0 radical (unpaired) electrons. The summed E-state index contributed by atoms with van der Waals surface area (Å²) in [6.45, 7) is 3.73. The Kier molecular flexibility index (Phi) is 9.62. The van der Waals surface area contributed by atoms with Gasteiger partial charge in [-0.05, 0) is 42.7 Å². The van der Waals surface area contributed by atoms with Crippen LogP contribution in [-0.2, 0) is 30.3 Å². The first-order chi connectivity index (χ1) is 17.6. The molecule has 1 aliphatic heterocycles. The van der Waals surface area contributed by atoms with Gasteiger partial charge in [0.05, 0.1) is 7.11 Å². The van der Waals surface area contributed by atoms with E-state index in [0.717, 1.165) is 50.5 Å². The number of methoxy groups -OCH3 is 1. The van der Waals surface area contributed by atoms with Crippen molar-refractivity contribution in [3.63, 3.8) is 0 Å². The van der Waals surface area contributed by atoms with Gasteiger partial charge in [-0.1, -0.05) is 51.3 Å². The number of rotatable bonds is 11. The van der Waals surface area contributed by atoms with E-state index in [0.29, 0.717) is 6.42 Å². The normalized spacial score (nSPS) is 21.1. The number of ketones is 1. The lowest BCUT2D eigenvalue weighted by Crippen LogP contribution is -2.62. The minimum absolute atomic E-state index is 0.0275. The molecule has 37 heavy (non-hydrogen) atoms. The molecule has 0 bridgehead atoms. The van der Waals surface area contributed by atoms with Crippen molar-refractivity contribution in [2.45, 2.75) is 89.3 Å². The summed E-state index contributed by atoms with van der Waals surface area (Å²) in [5, 5.41) is 8.61. The number of ether oxygens (including phenoxy) is 1. The highest BCUT2D eigenvalue weighted by Crippen LogP contribution is 2.43. The molecule has 10 heteroatoms. The van der Waals surface area contributed by atoms with E-state index < -0.39 is 48.1 Å². The van der Waals surface area contributed by atoms with Gasteiger partial charge in [0.15, 0.2) is 0 Å². The Balaban J connectivity index is 1.84. The van der Waals surface area contributed by atoms with E-state index in [1.165, 1.54) is 0 Å². The molecule has 1 aromatic rings. The highest BCUT2D eigenvalue weighted by Gasteiger charge is 2.50. The Hall–Kier alpha value is -3.04. The fraction of sp³-hybridized carbons (Fsp3) is 0.630. The molecule has 1 heterocycles. The highest BCUT2D eigenvalue weighted by atomic mass is 19.3. The third kappa shape index (κ3) is 6.84. The van der Waals surface area contributed by atoms with Crippen molar-refractivity contribution in [2.24, 2.45) is 11.8 Å². The monoisotopic (exact) mass is 521 g/mol. The molecule has 3 atom stereocenters. The number of para-hydroxylation sites is 1. The first-order valence-corrected chi connectivity index (χ1v) is 12.9. The third-order valence-corrected chi connectivity index (χ3v) is 7.31. The average Bonchev–Trinajstić information content (AvgIpc) is 3.28. The number of hydrogen-bond donors (Lipinski definition) is 3. The largest absolute Gasteiger partial charge is 0.463 e. The van der Waals surface area contributed by atoms with E-state index >= 15 is 0 Å². The van der Waals surface area contributed by atoms with Crippen molar-refractivity contribution in [3.8, 4) is 0 Å². The van der Waals surface area contributed by atoms with E-state index in [1.807, 2.05) is 38.1 Å². The molecule has 1 saturated carbocycles. The number of amides is 2. The molecule has 0 unspecified atom stereocenters. The summed E-state index contributed by atoms with van der Waals surface area (Å²) >= 11 is 0. The summed E-state index contributed by atoms with van der Waals surface area (Å²) in [6.07, 6.45) is 1.61. The Bertz CT molecular complexity index is 969. The van der Waals surface area contributed by atoms with Crippen LogP contribution in [0.15, 0.2) is 24.3 Å². The van der Waals surface area contributed by atoms with Crippen molar-refractivity contribution < 1.29 is 32.7 Å². The van der Waals surface area contributed by atoms with Crippen molar-refractivity contribution in [1.29, 1.82) is 0 Å². The van der Waals surface area contributed by atoms with Crippen LogP contribution >= 0.6 is 0 Å². The second-order valence-corrected chi connectivity index (χ2v) is 10.5. The second-order valence-electron chi connectivity index (χ2n) is 10.5. The standard InChI is InChI=1S/C27H37F2N3O5/c1-16(2)13-21(24(34)30-20(14-22(28)29)23(33)25(35)37-3)31-26(36)27(18-10-5-4-6-11-18)15-17-9-7-8-12-19(17)32-27/h7-9,12,16,18,20-22,32H,4-6,10-11,13-15H2,1-3H3,(H,30,34)(H,31,36)/t20-,21-,27-/m0/s1.